The van der Waals surface area contributed by atoms with Gasteiger partial charge in [-0.05, 0) is 38.1 Å². The zero-order valence-electron chi connectivity index (χ0n) is 13.5. The number of nitrogens with zero attached hydrogens (tertiary/aromatic N) is 1. The van der Waals surface area contributed by atoms with E-state index in [1.807, 2.05) is 44.2 Å². The Hall–Kier alpha value is -2.82. The Morgan fingerprint density at radius 3 is 2.61 bits per heavy atom. The van der Waals surface area contributed by atoms with Crippen molar-refractivity contribution in [2.75, 3.05) is 13.7 Å². The molecule has 0 aromatic heterocycles. The van der Waals surface area contributed by atoms with Gasteiger partial charge in [-0.2, -0.15) is 5.10 Å². The number of carbonyl (C=O) groups is 1. The van der Waals surface area contributed by atoms with Gasteiger partial charge in [0.2, 0.25) is 0 Å². The molecule has 23 heavy (non-hydrogen) atoms. The zero-order chi connectivity index (χ0) is 16.7. The number of rotatable bonds is 6. The van der Waals surface area contributed by atoms with Crippen LogP contribution in [0.5, 0.6) is 11.5 Å². The first-order valence-corrected chi connectivity index (χ1v) is 7.35. The smallest absolute Gasteiger partial charge is 0.271 e. The largest absolute Gasteiger partial charge is 0.493 e. The molecule has 0 fully saturated rings. The summed E-state index contributed by atoms with van der Waals surface area (Å²) in [6.45, 7) is 4.38. The summed E-state index contributed by atoms with van der Waals surface area (Å²) in [7, 11) is 1.58. The molecule has 0 radical (unpaired) electrons. The van der Waals surface area contributed by atoms with Gasteiger partial charge in [-0.3, -0.25) is 4.79 Å². The highest BCUT2D eigenvalue weighted by Gasteiger charge is 2.08. The molecule has 0 bridgehead atoms. The lowest BCUT2D eigenvalue weighted by molar-refractivity contribution is 0.0955. The van der Waals surface area contributed by atoms with Crippen molar-refractivity contribution < 1.29 is 14.3 Å². The summed E-state index contributed by atoms with van der Waals surface area (Å²) in [5.41, 5.74) is 4.90. The third-order valence-corrected chi connectivity index (χ3v) is 3.20. The number of amides is 1. The fourth-order valence-electron chi connectivity index (χ4n) is 2.02. The van der Waals surface area contributed by atoms with E-state index in [1.54, 1.807) is 25.5 Å². The van der Waals surface area contributed by atoms with E-state index in [9.17, 15) is 4.79 Å². The molecule has 2 aromatic carbocycles. The highest BCUT2D eigenvalue weighted by molar-refractivity contribution is 5.95. The molecular weight excluding hydrogens is 292 g/mol. The summed E-state index contributed by atoms with van der Waals surface area (Å²) in [4.78, 5) is 12.0. The van der Waals surface area contributed by atoms with Gasteiger partial charge in [0.05, 0.1) is 19.9 Å². The van der Waals surface area contributed by atoms with Gasteiger partial charge in [0.1, 0.15) is 0 Å². The lowest BCUT2D eigenvalue weighted by Gasteiger charge is -2.11. The molecule has 2 aromatic rings. The number of hydrogen-bond acceptors (Lipinski definition) is 4. The van der Waals surface area contributed by atoms with Gasteiger partial charge in [0.25, 0.3) is 5.91 Å². The van der Waals surface area contributed by atoms with Crippen molar-refractivity contribution >= 4 is 12.1 Å². The fourth-order valence-corrected chi connectivity index (χ4v) is 2.02. The first-order chi connectivity index (χ1) is 11.2. The van der Waals surface area contributed by atoms with Gasteiger partial charge in [0, 0.05) is 11.1 Å². The minimum absolute atomic E-state index is 0.262. The predicted octanol–water partition coefficient (Wildman–Crippen LogP) is 3.17. The van der Waals surface area contributed by atoms with E-state index >= 15 is 0 Å². The van der Waals surface area contributed by atoms with E-state index in [0.717, 1.165) is 11.1 Å². The minimum atomic E-state index is -0.262. The Bertz CT molecular complexity index is 694. The van der Waals surface area contributed by atoms with Crippen LogP contribution in [0.15, 0.2) is 47.6 Å². The van der Waals surface area contributed by atoms with E-state index in [0.29, 0.717) is 23.7 Å². The van der Waals surface area contributed by atoms with Gasteiger partial charge in [-0.15, -0.1) is 0 Å². The van der Waals surface area contributed by atoms with E-state index < -0.39 is 0 Å². The molecule has 0 aliphatic heterocycles. The van der Waals surface area contributed by atoms with Crippen molar-refractivity contribution in [3.63, 3.8) is 0 Å². The first-order valence-electron chi connectivity index (χ1n) is 7.35. The van der Waals surface area contributed by atoms with Crippen molar-refractivity contribution in [1.29, 1.82) is 0 Å². The SMILES string of the molecule is CCOc1c(/C=N\NC(=O)c2ccc(C)cc2)cccc1OC. The molecule has 2 rings (SSSR count). The summed E-state index contributed by atoms with van der Waals surface area (Å²) in [6.07, 6.45) is 1.54. The van der Waals surface area contributed by atoms with Crippen LogP contribution in [0.1, 0.15) is 28.4 Å². The summed E-state index contributed by atoms with van der Waals surface area (Å²) >= 11 is 0. The van der Waals surface area contributed by atoms with Gasteiger partial charge in [-0.25, -0.2) is 5.43 Å². The highest BCUT2D eigenvalue weighted by Crippen LogP contribution is 2.29. The maximum atomic E-state index is 12.0. The standard InChI is InChI=1S/C18H20N2O3/c1-4-23-17-15(6-5-7-16(17)22-3)12-19-20-18(21)14-10-8-13(2)9-11-14/h5-12H,4H2,1-3H3,(H,20,21)/b19-12-. The second-order valence-corrected chi connectivity index (χ2v) is 4.88. The first kappa shape index (κ1) is 16.5. The van der Waals surface area contributed by atoms with E-state index in [-0.39, 0.29) is 5.91 Å². The van der Waals surface area contributed by atoms with Crippen molar-refractivity contribution in [3.8, 4) is 11.5 Å². The number of nitrogens with one attached hydrogen (secondary N) is 1. The Labute approximate surface area is 135 Å². The second kappa shape index (κ2) is 7.98. The van der Waals surface area contributed by atoms with Crippen molar-refractivity contribution in [2.24, 2.45) is 5.10 Å². The van der Waals surface area contributed by atoms with Crippen LogP contribution in [0.2, 0.25) is 0 Å². The normalized spacial score (nSPS) is 10.6. The van der Waals surface area contributed by atoms with E-state index in [1.165, 1.54) is 0 Å². The number of para-hydroxylation sites is 1. The Morgan fingerprint density at radius 1 is 1.22 bits per heavy atom. The average molecular weight is 312 g/mol. The fraction of sp³-hybridized carbons (Fsp3) is 0.222. The number of carbonyl (C=O) groups excluding carboxylic acids is 1. The van der Waals surface area contributed by atoms with Crippen LogP contribution in [-0.4, -0.2) is 25.8 Å². The molecule has 0 spiro atoms. The molecule has 1 N–H and O–H groups in total. The quantitative estimate of drug-likeness (QED) is 0.658. The number of hydrogen-bond donors (Lipinski definition) is 1. The summed E-state index contributed by atoms with van der Waals surface area (Å²) in [6, 6.07) is 12.8. The molecule has 0 saturated heterocycles. The monoisotopic (exact) mass is 312 g/mol. The molecule has 0 aliphatic carbocycles. The number of methoxy groups -OCH3 is 1. The number of aryl methyl sites for hydroxylation is 1. The average Bonchev–Trinajstić information content (AvgIpc) is 2.56. The second-order valence-electron chi connectivity index (χ2n) is 4.88. The van der Waals surface area contributed by atoms with E-state index in [4.69, 9.17) is 9.47 Å². The molecule has 0 unspecified atom stereocenters. The maximum Gasteiger partial charge on any atom is 0.271 e. The summed E-state index contributed by atoms with van der Waals surface area (Å²) in [5, 5.41) is 4.00. The van der Waals surface area contributed by atoms with Gasteiger partial charge >= 0.3 is 0 Å². The van der Waals surface area contributed by atoms with Crippen LogP contribution in [0.4, 0.5) is 0 Å². The molecule has 0 heterocycles. The Morgan fingerprint density at radius 2 is 1.96 bits per heavy atom. The van der Waals surface area contributed by atoms with Crippen molar-refractivity contribution in [2.45, 2.75) is 13.8 Å². The molecule has 5 nitrogen and oxygen atoms in total. The molecule has 0 atom stereocenters. The Balaban J connectivity index is 2.11. The van der Waals surface area contributed by atoms with Gasteiger partial charge in [-0.1, -0.05) is 23.8 Å². The lowest BCUT2D eigenvalue weighted by Crippen LogP contribution is -2.17. The lowest BCUT2D eigenvalue weighted by atomic mass is 10.1. The van der Waals surface area contributed by atoms with Crippen LogP contribution in [0.3, 0.4) is 0 Å². The maximum absolute atomic E-state index is 12.0. The highest BCUT2D eigenvalue weighted by atomic mass is 16.5. The third-order valence-electron chi connectivity index (χ3n) is 3.20. The Kier molecular flexibility index (Phi) is 5.74. The molecular formula is C18H20N2O3. The van der Waals surface area contributed by atoms with Crippen molar-refractivity contribution in [3.05, 3.63) is 59.2 Å². The zero-order valence-corrected chi connectivity index (χ0v) is 13.5. The van der Waals surface area contributed by atoms with Crippen LogP contribution in [0.25, 0.3) is 0 Å². The topological polar surface area (TPSA) is 59.9 Å². The van der Waals surface area contributed by atoms with E-state index in [2.05, 4.69) is 10.5 Å². The molecule has 5 heteroatoms. The molecule has 0 saturated carbocycles. The molecule has 120 valence electrons. The van der Waals surface area contributed by atoms with Crippen LogP contribution >= 0.6 is 0 Å². The van der Waals surface area contributed by atoms with Crippen LogP contribution in [0, 0.1) is 6.92 Å². The number of benzene rings is 2. The summed E-state index contributed by atoms with van der Waals surface area (Å²) < 4.78 is 10.9. The predicted molar refractivity (Wildman–Crippen MR) is 90.4 cm³/mol. The van der Waals surface area contributed by atoms with Gasteiger partial charge < -0.3 is 9.47 Å². The third kappa shape index (κ3) is 4.32. The molecule has 0 aliphatic rings. The van der Waals surface area contributed by atoms with Crippen LogP contribution < -0.4 is 14.9 Å². The number of hydrazone groups is 1. The van der Waals surface area contributed by atoms with Gasteiger partial charge in [0.15, 0.2) is 11.5 Å². The van der Waals surface area contributed by atoms with Crippen LogP contribution in [-0.2, 0) is 0 Å². The minimum Gasteiger partial charge on any atom is -0.493 e. The number of ether oxygens (including phenoxy) is 2. The summed E-state index contributed by atoms with van der Waals surface area (Å²) in [5.74, 6) is 0.966. The van der Waals surface area contributed by atoms with Crippen molar-refractivity contribution in [1.82, 2.24) is 5.43 Å². The molecule has 1 amide bonds.